The summed E-state index contributed by atoms with van der Waals surface area (Å²) in [6.07, 6.45) is -0.224. The third-order valence-corrected chi connectivity index (χ3v) is 3.41. The average molecular weight is 295 g/mol. The minimum atomic E-state index is -0.992. The lowest BCUT2D eigenvalue weighted by molar-refractivity contribution is -0.136. The van der Waals surface area contributed by atoms with Gasteiger partial charge in [-0.05, 0) is 6.07 Å². The highest BCUT2D eigenvalue weighted by Gasteiger charge is 2.16. The molecule has 1 aromatic heterocycles. The van der Waals surface area contributed by atoms with Crippen LogP contribution in [0.3, 0.4) is 0 Å². The van der Waals surface area contributed by atoms with Gasteiger partial charge in [-0.25, -0.2) is 0 Å². The zero-order valence-corrected chi connectivity index (χ0v) is 11.6. The number of rotatable bonds is 3. The maximum absolute atomic E-state index is 12.4. The summed E-state index contributed by atoms with van der Waals surface area (Å²) in [6, 6.07) is 13.8. The standard InChI is InChI=1S/C17H13NO4/c18-14-15(21)12-8-4-7-11(9-13(19)20)16(12)22-17(14)10-5-2-1-3-6-10/h1-8H,9,18H2,(H,19,20). The van der Waals surface area contributed by atoms with E-state index in [1.165, 1.54) is 0 Å². The molecule has 2 aromatic carbocycles. The average Bonchev–Trinajstić information content (AvgIpc) is 2.51. The number of nitrogens with two attached hydrogens (primary N) is 1. The molecule has 0 fully saturated rings. The second-order valence-corrected chi connectivity index (χ2v) is 4.90. The van der Waals surface area contributed by atoms with Crippen LogP contribution in [0.4, 0.5) is 5.69 Å². The number of carboxylic acid groups (broad SMARTS) is 1. The van der Waals surface area contributed by atoms with Crippen LogP contribution in [0.15, 0.2) is 57.7 Å². The summed E-state index contributed by atoms with van der Waals surface area (Å²) in [5.41, 5.74) is 6.96. The molecule has 0 saturated heterocycles. The lowest BCUT2D eigenvalue weighted by Gasteiger charge is -2.09. The Kier molecular flexibility index (Phi) is 3.39. The molecule has 110 valence electrons. The van der Waals surface area contributed by atoms with Crippen LogP contribution in [0, 0.1) is 0 Å². The van der Waals surface area contributed by atoms with Crippen LogP contribution < -0.4 is 11.2 Å². The first-order valence-electron chi connectivity index (χ1n) is 6.69. The molecule has 0 atom stereocenters. The number of fused-ring (bicyclic) bond motifs is 1. The Bertz CT molecular complexity index is 913. The molecule has 0 amide bonds. The minimum absolute atomic E-state index is 0.0196. The van der Waals surface area contributed by atoms with Crippen molar-refractivity contribution in [3.8, 4) is 11.3 Å². The topological polar surface area (TPSA) is 93.5 Å². The lowest BCUT2D eigenvalue weighted by atomic mass is 10.1. The highest BCUT2D eigenvalue weighted by Crippen LogP contribution is 2.28. The van der Waals surface area contributed by atoms with Crippen molar-refractivity contribution < 1.29 is 14.3 Å². The van der Waals surface area contributed by atoms with Gasteiger partial charge in [-0.3, -0.25) is 9.59 Å². The Morgan fingerprint density at radius 2 is 1.82 bits per heavy atom. The van der Waals surface area contributed by atoms with Crippen LogP contribution in [0.5, 0.6) is 0 Å². The summed E-state index contributed by atoms with van der Waals surface area (Å²) in [4.78, 5) is 23.4. The molecule has 3 rings (SSSR count). The molecule has 0 saturated carbocycles. The Morgan fingerprint density at radius 3 is 2.50 bits per heavy atom. The van der Waals surface area contributed by atoms with Crippen molar-refractivity contribution in [2.75, 3.05) is 5.73 Å². The van der Waals surface area contributed by atoms with Crippen molar-refractivity contribution in [2.24, 2.45) is 0 Å². The van der Waals surface area contributed by atoms with E-state index in [0.29, 0.717) is 11.1 Å². The molecule has 5 nitrogen and oxygen atoms in total. The first-order valence-corrected chi connectivity index (χ1v) is 6.69. The first kappa shape index (κ1) is 13.9. The number of aliphatic carboxylic acids is 1. The van der Waals surface area contributed by atoms with Gasteiger partial charge < -0.3 is 15.3 Å². The van der Waals surface area contributed by atoms with E-state index in [9.17, 15) is 9.59 Å². The third-order valence-electron chi connectivity index (χ3n) is 3.41. The van der Waals surface area contributed by atoms with Crippen LogP contribution >= 0.6 is 0 Å². The second kappa shape index (κ2) is 5.37. The number of anilines is 1. The Balaban J connectivity index is 2.34. The predicted octanol–water partition coefficient (Wildman–Crippen LogP) is 2.67. The summed E-state index contributed by atoms with van der Waals surface area (Å²) in [7, 11) is 0. The fraction of sp³-hybridized carbons (Fsp3) is 0.0588. The molecule has 0 aliphatic heterocycles. The Labute approximate surface area is 125 Å². The molecule has 0 spiro atoms. The number of carboxylic acids is 1. The number of hydrogen-bond acceptors (Lipinski definition) is 4. The van der Waals surface area contributed by atoms with E-state index >= 15 is 0 Å². The van der Waals surface area contributed by atoms with E-state index in [0.717, 1.165) is 0 Å². The number of para-hydroxylation sites is 1. The van der Waals surface area contributed by atoms with Crippen molar-refractivity contribution in [1.29, 1.82) is 0 Å². The zero-order valence-electron chi connectivity index (χ0n) is 11.6. The molecule has 22 heavy (non-hydrogen) atoms. The number of benzene rings is 2. The predicted molar refractivity (Wildman–Crippen MR) is 83.7 cm³/mol. The smallest absolute Gasteiger partial charge is 0.307 e. The first-order chi connectivity index (χ1) is 10.6. The van der Waals surface area contributed by atoms with Crippen LogP contribution in [0.1, 0.15) is 5.56 Å². The van der Waals surface area contributed by atoms with Gasteiger partial charge in [0.1, 0.15) is 11.3 Å². The van der Waals surface area contributed by atoms with Crippen molar-refractivity contribution in [3.63, 3.8) is 0 Å². The monoisotopic (exact) mass is 295 g/mol. The Morgan fingerprint density at radius 1 is 1.09 bits per heavy atom. The zero-order chi connectivity index (χ0) is 15.7. The summed E-state index contributed by atoms with van der Waals surface area (Å²) < 4.78 is 5.80. The van der Waals surface area contributed by atoms with Gasteiger partial charge in [-0.1, -0.05) is 42.5 Å². The largest absolute Gasteiger partial charge is 0.481 e. The van der Waals surface area contributed by atoms with E-state index in [1.54, 1.807) is 30.3 Å². The van der Waals surface area contributed by atoms with Gasteiger partial charge in [0.2, 0.25) is 5.43 Å². The van der Waals surface area contributed by atoms with E-state index in [1.807, 2.05) is 18.2 Å². The molecule has 0 unspecified atom stereocenters. The highest BCUT2D eigenvalue weighted by atomic mass is 16.4. The van der Waals surface area contributed by atoms with Crippen LogP contribution in [0.25, 0.3) is 22.3 Å². The highest BCUT2D eigenvalue weighted by molar-refractivity contribution is 5.89. The molecule has 5 heteroatoms. The van der Waals surface area contributed by atoms with Gasteiger partial charge in [-0.2, -0.15) is 0 Å². The van der Waals surface area contributed by atoms with Gasteiger partial charge in [0.15, 0.2) is 5.76 Å². The minimum Gasteiger partial charge on any atom is -0.481 e. The summed E-state index contributed by atoms with van der Waals surface area (Å²) in [5, 5.41) is 9.28. The third kappa shape index (κ3) is 2.33. The molecular weight excluding hydrogens is 282 g/mol. The van der Waals surface area contributed by atoms with Crippen LogP contribution in [-0.4, -0.2) is 11.1 Å². The molecule has 0 aliphatic rings. The maximum Gasteiger partial charge on any atom is 0.307 e. The fourth-order valence-corrected chi connectivity index (χ4v) is 2.40. The van der Waals surface area contributed by atoms with Gasteiger partial charge >= 0.3 is 5.97 Å². The van der Waals surface area contributed by atoms with E-state index in [-0.39, 0.29) is 34.3 Å². The molecular formula is C17H13NO4. The summed E-state index contributed by atoms with van der Waals surface area (Å²) >= 11 is 0. The van der Waals surface area contributed by atoms with Crippen molar-refractivity contribution in [1.82, 2.24) is 0 Å². The van der Waals surface area contributed by atoms with E-state index < -0.39 is 5.97 Å². The molecule has 3 N–H and O–H groups in total. The SMILES string of the molecule is Nc1c(-c2ccccc2)oc2c(CC(=O)O)cccc2c1=O. The van der Waals surface area contributed by atoms with Gasteiger partial charge in [-0.15, -0.1) is 0 Å². The van der Waals surface area contributed by atoms with E-state index in [4.69, 9.17) is 15.3 Å². The lowest BCUT2D eigenvalue weighted by Crippen LogP contribution is -2.11. The van der Waals surface area contributed by atoms with Crippen LogP contribution in [-0.2, 0) is 11.2 Å². The maximum atomic E-state index is 12.4. The van der Waals surface area contributed by atoms with Crippen LogP contribution in [0.2, 0.25) is 0 Å². The quantitative estimate of drug-likeness (QED) is 0.774. The Hall–Kier alpha value is -3.08. The normalized spacial score (nSPS) is 10.7. The second-order valence-electron chi connectivity index (χ2n) is 4.90. The van der Waals surface area contributed by atoms with E-state index in [2.05, 4.69) is 0 Å². The molecule has 0 bridgehead atoms. The number of hydrogen-bond donors (Lipinski definition) is 2. The number of nitrogen functional groups attached to an aromatic ring is 1. The number of carbonyl (C=O) groups is 1. The van der Waals surface area contributed by atoms with Crippen molar-refractivity contribution in [3.05, 3.63) is 64.3 Å². The van der Waals surface area contributed by atoms with Crippen molar-refractivity contribution in [2.45, 2.75) is 6.42 Å². The van der Waals surface area contributed by atoms with Gasteiger partial charge in [0, 0.05) is 11.1 Å². The molecule has 1 heterocycles. The molecule has 3 aromatic rings. The molecule has 0 radical (unpaired) electrons. The van der Waals surface area contributed by atoms with Gasteiger partial charge in [0.25, 0.3) is 0 Å². The summed E-state index contributed by atoms with van der Waals surface area (Å²) in [5.74, 6) is -0.732. The summed E-state index contributed by atoms with van der Waals surface area (Å²) in [6.45, 7) is 0. The van der Waals surface area contributed by atoms with Crippen molar-refractivity contribution >= 4 is 22.6 Å². The molecule has 0 aliphatic carbocycles. The fourth-order valence-electron chi connectivity index (χ4n) is 2.40. The van der Waals surface area contributed by atoms with Gasteiger partial charge in [0.05, 0.1) is 11.8 Å².